The first-order valence-electron chi connectivity index (χ1n) is 7.93. The predicted molar refractivity (Wildman–Crippen MR) is 92.0 cm³/mol. The molecule has 1 aromatic rings. The van der Waals surface area contributed by atoms with Crippen LogP contribution in [0.15, 0.2) is 30.3 Å². The van der Waals surface area contributed by atoms with Gasteiger partial charge in [-0.25, -0.2) is 0 Å². The number of nitrogens with zero attached hydrogens (tertiary/aromatic N) is 1. The number of benzene rings is 1. The SMILES string of the molecule is CC(CC(O)c1ccccc1)NC(=O)C(C)N1CCSCC1. The zero-order valence-corrected chi connectivity index (χ0v) is 14.2. The Morgan fingerprint density at radius 2 is 1.91 bits per heavy atom. The molecule has 5 heteroatoms. The molecule has 1 heterocycles. The van der Waals surface area contributed by atoms with Gasteiger partial charge in [-0.05, 0) is 25.8 Å². The van der Waals surface area contributed by atoms with Crippen molar-refractivity contribution in [3.8, 4) is 0 Å². The van der Waals surface area contributed by atoms with Crippen LogP contribution in [0.5, 0.6) is 0 Å². The minimum atomic E-state index is -0.543. The summed E-state index contributed by atoms with van der Waals surface area (Å²) in [7, 11) is 0. The molecule has 2 rings (SSSR count). The molecule has 1 aliphatic rings. The number of rotatable bonds is 6. The van der Waals surface area contributed by atoms with Gasteiger partial charge in [0.15, 0.2) is 0 Å². The molecule has 0 spiro atoms. The fraction of sp³-hybridized carbons (Fsp3) is 0.588. The van der Waals surface area contributed by atoms with Crippen LogP contribution < -0.4 is 5.32 Å². The lowest BCUT2D eigenvalue weighted by molar-refractivity contribution is -0.126. The van der Waals surface area contributed by atoms with Crippen molar-refractivity contribution in [3.63, 3.8) is 0 Å². The molecule has 0 bridgehead atoms. The maximum absolute atomic E-state index is 12.3. The molecule has 1 saturated heterocycles. The third-order valence-corrected chi connectivity index (χ3v) is 5.07. The van der Waals surface area contributed by atoms with Crippen molar-refractivity contribution in [2.45, 2.75) is 38.5 Å². The van der Waals surface area contributed by atoms with Gasteiger partial charge in [0.2, 0.25) is 5.91 Å². The second kappa shape index (κ2) is 8.56. The van der Waals surface area contributed by atoms with E-state index in [0.717, 1.165) is 30.2 Å². The van der Waals surface area contributed by atoms with E-state index in [9.17, 15) is 9.90 Å². The first kappa shape index (κ1) is 17.3. The number of hydrogen-bond acceptors (Lipinski definition) is 4. The summed E-state index contributed by atoms with van der Waals surface area (Å²) in [5, 5.41) is 13.3. The largest absolute Gasteiger partial charge is 0.388 e. The van der Waals surface area contributed by atoms with Gasteiger partial charge in [0.25, 0.3) is 0 Å². The molecule has 2 N–H and O–H groups in total. The molecule has 1 aromatic carbocycles. The number of thioether (sulfide) groups is 1. The highest BCUT2D eigenvalue weighted by Gasteiger charge is 2.24. The Hall–Kier alpha value is -1.04. The quantitative estimate of drug-likeness (QED) is 0.842. The van der Waals surface area contributed by atoms with Gasteiger partial charge in [-0.3, -0.25) is 9.69 Å². The summed E-state index contributed by atoms with van der Waals surface area (Å²) in [5.74, 6) is 2.25. The van der Waals surface area contributed by atoms with Crippen LogP contribution in [0.25, 0.3) is 0 Å². The van der Waals surface area contributed by atoms with Crippen molar-refractivity contribution in [2.24, 2.45) is 0 Å². The van der Waals surface area contributed by atoms with E-state index in [4.69, 9.17) is 0 Å². The van der Waals surface area contributed by atoms with Gasteiger partial charge in [-0.15, -0.1) is 0 Å². The van der Waals surface area contributed by atoms with Gasteiger partial charge in [0, 0.05) is 30.6 Å². The minimum absolute atomic E-state index is 0.0516. The molecule has 4 nitrogen and oxygen atoms in total. The molecule has 1 fully saturated rings. The van der Waals surface area contributed by atoms with Crippen LogP contribution in [-0.2, 0) is 4.79 Å². The number of carbonyl (C=O) groups is 1. The van der Waals surface area contributed by atoms with E-state index in [-0.39, 0.29) is 18.0 Å². The van der Waals surface area contributed by atoms with Crippen molar-refractivity contribution in [2.75, 3.05) is 24.6 Å². The third kappa shape index (κ3) is 5.00. The zero-order valence-electron chi connectivity index (χ0n) is 13.4. The fourth-order valence-corrected chi connectivity index (χ4v) is 3.63. The summed E-state index contributed by atoms with van der Waals surface area (Å²) in [6.45, 7) is 5.86. The molecule has 0 aromatic heterocycles. The van der Waals surface area contributed by atoms with Crippen molar-refractivity contribution in [1.29, 1.82) is 0 Å². The Morgan fingerprint density at radius 3 is 2.55 bits per heavy atom. The molecular weight excluding hydrogens is 296 g/mol. The van der Waals surface area contributed by atoms with Crippen molar-refractivity contribution in [3.05, 3.63) is 35.9 Å². The lowest BCUT2D eigenvalue weighted by Crippen LogP contribution is -2.50. The second-order valence-corrected chi connectivity index (χ2v) is 7.12. The maximum Gasteiger partial charge on any atom is 0.237 e. The van der Waals surface area contributed by atoms with Crippen LogP contribution in [0.4, 0.5) is 0 Å². The monoisotopic (exact) mass is 322 g/mol. The molecule has 0 radical (unpaired) electrons. The van der Waals surface area contributed by atoms with Crippen LogP contribution in [0.3, 0.4) is 0 Å². The van der Waals surface area contributed by atoms with E-state index in [1.807, 2.05) is 55.9 Å². The van der Waals surface area contributed by atoms with Gasteiger partial charge < -0.3 is 10.4 Å². The average Bonchev–Trinajstić information content (AvgIpc) is 2.55. The summed E-state index contributed by atoms with van der Waals surface area (Å²) in [4.78, 5) is 14.6. The molecule has 1 amide bonds. The molecule has 0 saturated carbocycles. The van der Waals surface area contributed by atoms with E-state index in [1.165, 1.54) is 0 Å². The summed E-state index contributed by atoms with van der Waals surface area (Å²) in [5.41, 5.74) is 0.893. The Bertz CT molecular complexity index is 463. The average molecular weight is 322 g/mol. The Labute approximate surface area is 137 Å². The van der Waals surface area contributed by atoms with Crippen LogP contribution in [0.2, 0.25) is 0 Å². The van der Waals surface area contributed by atoms with Gasteiger partial charge in [0.05, 0.1) is 12.1 Å². The van der Waals surface area contributed by atoms with E-state index in [0.29, 0.717) is 6.42 Å². The third-order valence-electron chi connectivity index (χ3n) is 4.12. The van der Waals surface area contributed by atoms with Gasteiger partial charge in [-0.1, -0.05) is 30.3 Å². The Morgan fingerprint density at radius 1 is 1.27 bits per heavy atom. The summed E-state index contributed by atoms with van der Waals surface area (Å²) < 4.78 is 0. The number of carbonyl (C=O) groups excluding carboxylic acids is 1. The molecule has 22 heavy (non-hydrogen) atoms. The van der Waals surface area contributed by atoms with Crippen LogP contribution >= 0.6 is 11.8 Å². The fourth-order valence-electron chi connectivity index (χ4n) is 2.70. The highest BCUT2D eigenvalue weighted by molar-refractivity contribution is 7.99. The first-order valence-corrected chi connectivity index (χ1v) is 9.08. The zero-order chi connectivity index (χ0) is 15.9. The van der Waals surface area contributed by atoms with Crippen molar-refractivity contribution in [1.82, 2.24) is 10.2 Å². The molecule has 122 valence electrons. The van der Waals surface area contributed by atoms with Crippen LogP contribution in [0.1, 0.15) is 31.9 Å². The normalized spacial score (nSPS) is 20.1. The summed E-state index contributed by atoms with van der Waals surface area (Å²) in [6, 6.07) is 9.43. The van der Waals surface area contributed by atoms with Crippen molar-refractivity contribution < 1.29 is 9.90 Å². The lowest BCUT2D eigenvalue weighted by Gasteiger charge is -2.32. The van der Waals surface area contributed by atoms with E-state index < -0.39 is 6.10 Å². The number of nitrogens with one attached hydrogen (secondary N) is 1. The number of aliphatic hydroxyl groups excluding tert-OH is 1. The van der Waals surface area contributed by atoms with E-state index in [1.54, 1.807) is 0 Å². The maximum atomic E-state index is 12.3. The van der Waals surface area contributed by atoms with Gasteiger partial charge in [-0.2, -0.15) is 11.8 Å². The standard InChI is InChI=1S/C17H26N2O2S/c1-13(12-16(20)15-6-4-3-5-7-15)18-17(21)14(2)19-8-10-22-11-9-19/h3-7,13-14,16,20H,8-12H2,1-2H3,(H,18,21). The number of amides is 1. The first-order chi connectivity index (χ1) is 10.6. The second-order valence-electron chi connectivity index (χ2n) is 5.90. The van der Waals surface area contributed by atoms with Crippen LogP contribution in [0, 0.1) is 0 Å². The summed E-state index contributed by atoms with van der Waals surface area (Å²) >= 11 is 1.94. The van der Waals surface area contributed by atoms with E-state index in [2.05, 4.69) is 10.2 Å². The van der Waals surface area contributed by atoms with Crippen LogP contribution in [-0.4, -0.2) is 52.6 Å². The Kier molecular flexibility index (Phi) is 6.73. The smallest absolute Gasteiger partial charge is 0.237 e. The van der Waals surface area contributed by atoms with Gasteiger partial charge in [0.1, 0.15) is 0 Å². The van der Waals surface area contributed by atoms with E-state index >= 15 is 0 Å². The predicted octanol–water partition coefficient (Wildman–Crippen LogP) is 2.05. The highest BCUT2D eigenvalue weighted by Crippen LogP contribution is 2.18. The topological polar surface area (TPSA) is 52.6 Å². The molecule has 3 unspecified atom stereocenters. The molecule has 3 atom stereocenters. The highest BCUT2D eigenvalue weighted by atomic mass is 32.2. The minimum Gasteiger partial charge on any atom is -0.388 e. The molecular formula is C17H26N2O2S. The number of aliphatic hydroxyl groups is 1. The lowest BCUT2D eigenvalue weighted by atomic mass is 10.0. The van der Waals surface area contributed by atoms with Gasteiger partial charge >= 0.3 is 0 Å². The Balaban J connectivity index is 1.80. The van der Waals surface area contributed by atoms with Crippen molar-refractivity contribution >= 4 is 17.7 Å². The molecule has 1 aliphatic heterocycles. The molecule has 0 aliphatic carbocycles. The summed E-state index contributed by atoms with van der Waals surface area (Å²) in [6.07, 6.45) is -0.0172. The number of hydrogen-bond donors (Lipinski definition) is 2.